The monoisotopic (exact) mass is 271 g/mol. The topological polar surface area (TPSA) is 43.0 Å². The lowest BCUT2D eigenvalue weighted by Crippen LogP contribution is -2.16. The lowest BCUT2D eigenvalue weighted by atomic mass is 10.2. The molecular weight excluding hydrogens is 257 g/mol. The molecule has 0 saturated heterocycles. The lowest BCUT2D eigenvalue weighted by Gasteiger charge is -2.17. The molecule has 0 bridgehead atoms. The second-order valence-corrected chi connectivity index (χ2v) is 4.50. The number of imidazole rings is 1. The van der Waals surface area contributed by atoms with Crippen molar-refractivity contribution >= 4 is 5.69 Å². The second kappa shape index (κ2) is 5.21. The number of hydrogen-bond donors (Lipinski definition) is 1. The molecule has 1 N–H and O–H groups in total. The number of aryl methyl sites for hydroxylation is 1. The van der Waals surface area contributed by atoms with Gasteiger partial charge < -0.3 is 14.3 Å². The minimum Gasteiger partial charge on any atom is -0.467 e. The number of nitrogens with zero attached hydrogens (tertiary/aromatic N) is 2. The highest BCUT2D eigenvalue weighted by molar-refractivity contribution is 5.46. The van der Waals surface area contributed by atoms with Crippen LogP contribution < -0.4 is 5.32 Å². The van der Waals surface area contributed by atoms with Crippen molar-refractivity contribution in [2.75, 3.05) is 5.32 Å². The zero-order valence-corrected chi connectivity index (χ0v) is 11.0. The molecule has 0 aliphatic carbocycles. The van der Waals surface area contributed by atoms with Crippen LogP contribution in [0, 0.1) is 5.82 Å². The van der Waals surface area contributed by atoms with Gasteiger partial charge in [-0.3, -0.25) is 0 Å². The van der Waals surface area contributed by atoms with Gasteiger partial charge in [-0.2, -0.15) is 0 Å². The molecule has 2 aromatic heterocycles. The van der Waals surface area contributed by atoms with Crippen molar-refractivity contribution in [2.24, 2.45) is 7.05 Å². The number of hydrogen-bond acceptors (Lipinski definition) is 3. The molecule has 0 radical (unpaired) electrons. The maximum atomic E-state index is 13.3. The molecule has 1 atom stereocenters. The van der Waals surface area contributed by atoms with Gasteiger partial charge in [0.15, 0.2) is 0 Å². The molecule has 5 heteroatoms. The fraction of sp³-hybridized carbons (Fsp3) is 0.133. The Labute approximate surface area is 115 Å². The Morgan fingerprint density at radius 2 is 2.20 bits per heavy atom. The highest BCUT2D eigenvalue weighted by Crippen LogP contribution is 2.26. The molecule has 3 rings (SSSR count). The number of benzene rings is 1. The van der Waals surface area contributed by atoms with Crippen molar-refractivity contribution in [2.45, 2.75) is 6.04 Å². The molecule has 4 nitrogen and oxygen atoms in total. The predicted octanol–water partition coefficient (Wildman–Crippen LogP) is 3.35. The van der Waals surface area contributed by atoms with Crippen molar-refractivity contribution in [1.29, 1.82) is 0 Å². The van der Waals surface area contributed by atoms with E-state index in [1.165, 1.54) is 12.1 Å². The summed E-state index contributed by atoms with van der Waals surface area (Å²) in [6.07, 6.45) is 5.19. The Balaban J connectivity index is 1.97. The Kier molecular flexibility index (Phi) is 3.25. The van der Waals surface area contributed by atoms with E-state index in [4.69, 9.17) is 4.42 Å². The van der Waals surface area contributed by atoms with E-state index in [0.717, 1.165) is 11.6 Å². The van der Waals surface area contributed by atoms with E-state index in [2.05, 4.69) is 10.3 Å². The van der Waals surface area contributed by atoms with Crippen LogP contribution in [0.5, 0.6) is 0 Å². The molecular formula is C15H14FN3O. The average Bonchev–Trinajstić information content (AvgIpc) is 3.07. The van der Waals surface area contributed by atoms with E-state index in [-0.39, 0.29) is 11.9 Å². The van der Waals surface area contributed by atoms with Crippen LogP contribution in [0.4, 0.5) is 10.1 Å². The van der Waals surface area contributed by atoms with Gasteiger partial charge >= 0.3 is 0 Å². The fourth-order valence-corrected chi connectivity index (χ4v) is 2.12. The highest BCUT2D eigenvalue weighted by Gasteiger charge is 2.20. The first kappa shape index (κ1) is 12.5. The molecule has 20 heavy (non-hydrogen) atoms. The van der Waals surface area contributed by atoms with E-state index in [1.807, 2.05) is 36.0 Å². The van der Waals surface area contributed by atoms with Crippen LogP contribution in [0.2, 0.25) is 0 Å². The first-order chi connectivity index (χ1) is 9.74. The summed E-state index contributed by atoms with van der Waals surface area (Å²) < 4.78 is 20.7. The third kappa shape index (κ3) is 2.42. The molecule has 0 aliphatic heterocycles. The van der Waals surface area contributed by atoms with Crippen molar-refractivity contribution < 1.29 is 8.81 Å². The summed E-state index contributed by atoms with van der Waals surface area (Å²) in [6.45, 7) is 0. The molecule has 0 aliphatic rings. The van der Waals surface area contributed by atoms with Gasteiger partial charge in [0, 0.05) is 25.1 Å². The van der Waals surface area contributed by atoms with Gasteiger partial charge in [0.2, 0.25) is 0 Å². The van der Waals surface area contributed by atoms with Gasteiger partial charge in [0.05, 0.1) is 6.26 Å². The van der Waals surface area contributed by atoms with Crippen molar-refractivity contribution in [3.05, 3.63) is 72.5 Å². The van der Waals surface area contributed by atoms with Gasteiger partial charge in [-0.15, -0.1) is 0 Å². The van der Waals surface area contributed by atoms with Crippen LogP contribution in [0.25, 0.3) is 0 Å². The number of nitrogens with one attached hydrogen (secondary N) is 1. The molecule has 0 fully saturated rings. The van der Waals surface area contributed by atoms with Crippen LogP contribution in [-0.2, 0) is 7.05 Å². The molecule has 1 unspecified atom stereocenters. The maximum Gasteiger partial charge on any atom is 0.143 e. The molecule has 2 heterocycles. The van der Waals surface area contributed by atoms with Gasteiger partial charge in [0.1, 0.15) is 23.4 Å². The average molecular weight is 271 g/mol. The third-order valence-electron chi connectivity index (χ3n) is 3.08. The van der Waals surface area contributed by atoms with E-state index < -0.39 is 0 Å². The Morgan fingerprint density at radius 3 is 2.85 bits per heavy atom. The maximum absolute atomic E-state index is 13.3. The summed E-state index contributed by atoms with van der Waals surface area (Å²) in [5.74, 6) is 1.24. The number of aromatic nitrogens is 2. The number of rotatable bonds is 4. The van der Waals surface area contributed by atoms with E-state index in [9.17, 15) is 4.39 Å². The zero-order valence-electron chi connectivity index (χ0n) is 11.0. The van der Waals surface area contributed by atoms with Crippen LogP contribution >= 0.6 is 0 Å². The first-order valence-corrected chi connectivity index (χ1v) is 6.27. The Hall–Kier alpha value is -2.56. The summed E-state index contributed by atoms with van der Waals surface area (Å²) in [7, 11) is 1.91. The quantitative estimate of drug-likeness (QED) is 0.791. The smallest absolute Gasteiger partial charge is 0.143 e. The van der Waals surface area contributed by atoms with Crippen LogP contribution in [0.3, 0.4) is 0 Å². The summed E-state index contributed by atoms with van der Waals surface area (Å²) in [6, 6.07) is 9.74. The summed E-state index contributed by atoms with van der Waals surface area (Å²) >= 11 is 0. The Bertz CT molecular complexity index is 691. The van der Waals surface area contributed by atoms with E-state index in [1.54, 1.807) is 18.5 Å². The zero-order chi connectivity index (χ0) is 13.9. The molecule has 102 valence electrons. The van der Waals surface area contributed by atoms with Gasteiger partial charge in [-0.1, -0.05) is 6.07 Å². The first-order valence-electron chi connectivity index (χ1n) is 6.27. The lowest BCUT2D eigenvalue weighted by molar-refractivity contribution is 0.488. The van der Waals surface area contributed by atoms with Crippen molar-refractivity contribution in [1.82, 2.24) is 9.55 Å². The minimum atomic E-state index is -0.284. The van der Waals surface area contributed by atoms with Crippen LogP contribution in [0.1, 0.15) is 17.6 Å². The SMILES string of the molecule is Cn1ccnc1C(Nc1cccc(F)c1)c1ccco1. The standard InChI is InChI=1S/C15H14FN3O/c1-19-8-7-17-15(19)14(13-6-3-9-20-13)18-12-5-2-4-11(16)10-12/h2-10,14,18H,1H3. The van der Waals surface area contributed by atoms with Crippen LogP contribution in [0.15, 0.2) is 59.5 Å². The summed E-state index contributed by atoms with van der Waals surface area (Å²) in [4.78, 5) is 4.34. The number of furan rings is 1. The molecule has 0 saturated carbocycles. The highest BCUT2D eigenvalue weighted by atomic mass is 19.1. The fourth-order valence-electron chi connectivity index (χ4n) is 2.12. The largest absolute Gasteiger partial charge is 0.467 e. The van der Waals surface area contributed by atoms with Crippen molar-refractivity contribution in [3.63, 3.8) is 0 Å². The molecule has 0 spiro atoms. The third-order valence-corrected chi connectivity index (χ3v) is 3.08. The van der Waals surface area contributed by atoms with Gasteiger partial charge in [-0.25, -0.2) is 9.37 Å². The molecule has 0 amide bonds. The minimum absolute atomic E-state index is 0.271. The second-order valence-electron chi connectivity index (χ2n) is 4.50. The van der Waals surface area contributed by atoms with Gasteiger partial charge in [-0.05, 0) is 30.3 Å². The van der Waals surface area contributed by atoms with E-state index in [0.29, 0.717) is 5.69 Å². The molecule has 1 aromatic carbocycles. The Morgan fingerprint density at radius 1 is 1.30 bits per heavy atom. The van der Waals surface area contributed by atoms with Gasteiger partial charge in [0.25, 0.3) is 0 Å². The van der Waals surface area contributed by atoms with Crippen molar-refractivity contribution in [3.8, 4) is 0 Å². The molecule has 3 aromatic rings. The predicted molar refractivity (Wildman–Crippen MR) is 73.8 cm³/mol. The number of anilines is 1. The summed E-state index contributed by atoms with van der Waals surface area (Å²) in [5, 5.41) is 3.25. The summed E-state index contributed by atoms with van der Waals surface area (Å²) in [5.41, 5.74) is 0.675. The van der Waals surface area contributed by atoms with Crippen LogP contribution in [-0.4, -0.2) is 9.55 Å². The number of halogens is 1. The van der Waals surface area contributed by atoms with E-state index >= 15 is 0 Å². The normalized spacial score (nSPS) is 12.3.